The lowest BCUT2D eigenvalue weighted by molar-refractivity contribution is -0.440. The van der Waals surface area contributed by atoms with Crippen molar-refractivity contribution in [3.8, 4) is 5.75 Å². The van der Waals surface area contributed by atoms with Gasteiger partial charge >= 0.3 is 5.97 Å². The predicted molar refractivity (Wildman–Crippen MR) is 313 cm³/mol. The molecule has 7 N–H and O–H groups in total. The fraction of sp³-hybridized carbons (Fsp3) is 0.371. The number of nitrogens with one attached hydrogen (secondary N) is 3. The third-order valence-electron chi connectivity index (χ3n) is 15.7. The largest absolute Gasteiger partial charge is 0.480 e. The molecule has 1 atom stereocenters. The van der Waals surface area contributed by atoms with Crippen LogP contribution in [-0.4, -0.2) is 85.1 Å². The summed E-state index contributed by atoms with van der Waals surface area (Å²) in [5.74, 6) is -0.619. The number of unbranched alkanes of at least 4 members (excludes halogenated alkanes) is 3. The van der Waals surface area contributed by atoms with Gasteiger partial charge in [0.25, 0.3) is 21.6 Å². The third-order valence-corrected chi connectivity index (χ3v) is 16.5. The van der Waals surface area contributed by atoms with E-state index in [-0.39, 0.29) is 52.2 Å². The Balaban J connectivity index is 0.948. The number of aliphatic carboxylic acids is 1. The summed E-state index contributed by atoms with van der Waals surface area (Å²) in [7, 11) is -4.07. The van der Waals surface area contributed by atoms with Gasteiger partial charge in [0.15, 0.2) is 16.9 Å². The van der Waals surface area contributed by atoms with Gasteiger partial charge in [-0.15, -0.1) is 0 Å². The standard InChI is InChI=1S/C62H71N9O8S/c1-6-7-12-34-70-50-20-10-8-18-47(50)61(2,3)52(70)32-26-41-16-15-17-42(27-33-53-62(4,5)48-19-9-11-21-51(48)71(53)35-13-14-36-80(76,77)78)55(41)79-46-30-22-40(23-31-46)37-49(59(74)75)67-57(72)43-24-28-44(29-25-43)64-38-45-39-65-56-54(66-45)58(73)69-60(63)68-56/h8-11,18-25,27-31,33,39,49H,6-7,12-17,26,32,34-38H2,1-5H3,(H6-,63,64,65,67,68,69,72,73,74,75,76,77,78)/p+1/b42-27+,53-33+. The first kappa shape index (κ1) is 56.7. The van der Waals surface area contributed by atoms with Crippen molar-refractivity contribution in [1.29, 1.82) is 0 Å². The minimum Gasteiger partial charge on any atom is -0.480 e. The number of rotatable bonds is 23. The maximum atomic E-state index is 13.5. The maximum absolute atomic E-state index is 13.5. The maximum Gasteiger partial charge on any atom is 0.326 e. The van der Waals surface area contributed by atoms with E-state index in [0.29, 0.717) is 42.1 Å². The molecule has 0 saturated heterocycles. The molecule has 1 amide bonds. The third kappa shape index (κ3) is 12.9. The number of nitrogen functional groups attached to an aromatic ring is 1. The first-order valence-corrected chi connectivity index (χ1v) is 29.3. The van der Waals surface area contributed by atoms with Gasteiger partial charge in [0.05, 0.1) is 29.6 Å². The number of anilines is 3. The number of H-pyrrole nitrogens is 1. The van der Waals surface area contributed by atoms with Crippen LogP contribution >= 0.6 is 0 Å². The Bertz CT molecular complexity index is 3600. The number of para-hydroxylation sites is 2. The molecule has 6 aromatic rings. The molecular weight excluding hydrogens is 1030 g/mol. The van der Waals surface area contributed by atoms with Gasteiger partial charge in [-0.05, 0) is 130 Å². The first-order chi connectivity index (χ1) is 38.3. The second-order valence-corrected chi connectivity index (χ2v) is 23.6. The van der Waals surface area contributed by atoms with Gasteiger partial charge in [-0.3, -0.25) is 19.1 Å². The van der Waals surface area contributed by atoms with Crippen LogP contribution in [0.3, 0.4) is 0 Å². The molecule has 4 heterocycles. The van der Waals surface area contributed by atoms with Crippen LogP contribution in [0.1, 0.15) is 132 Å². The van der Waals surface area contributed by atoms with Crippen molar-refractivity contribution in [3.63, 3.8) is 0 Å². The number of carboxylic acid groups (broad SMARTS) is 1. The summed E-state index contributed by atoms with van der Waals surface area (Å²) < 4.78 is 42.3. The Morgan fingerprint density at radius 1 is 0.887 bits per heavy atom. The van der Waals surface area contributed by atoms with E-state index < -0.39 is 33.6 Å². The molecule has 2 aliphatic heterocycles. The van der Waals surface area contributed by atoms with Gasteiger partial charge in [-0.25, -0.2) is 14.8 Å². The minimum atomic E-state index is -4.07. The van der Waals surface area contributed by atoms with Crippen LogP contribution in [0.25, 0.3) is 11.2 Å². The van der Waals surface area contributed by atoms with E-state index >= 15 is 0 Å². The summed E-state index contributed by atoms with van der Waals surface area (Å²) in [6.07, 6.45) is 14.5. The van der Waals surface area contributed by atoms with Crippen LogP contribution in [0.15, 0.2) is 143 Å². The van der Waals surface area contributed by atoms with Crippen LogP contribution in [-0.2, 0) is 38.7 Å². The van der Waals surface area contributed by atoms with E-state index in [4.69, 9.17) is 10.5 Å². The smallest absolute Gasteiger partial charge is 0.326 e. The summed E-state index contributed by atoms with van der Waals surface area (Å²) in [5.41, 5.74) is 16.6. The molecule has 0 saturated carbocycles. The monoisotopic (exact) mass is 1100 g/mol. The zero-order valence-corrected chi connectivity index (χ0v) is 47.0. The summed E-state index contributed by atoms with van der Waals surface area (Å²) >= 11 is 0. The summed E-state index contributed by atoms with van der Waals surface area (Å²) in [5, 5.41) is 16.2. The number of aromatic amines is 1. The van der Waals surface area contributed by atoms with Crippen molar-refractivity contribution in [2.24, 2.45) is 0 Å². The molecule has 0 radical (unpaired) electrons. The van der Waals surface area contributed by atoms with E-state index in [2.05, 4.69) is 123 Å². The number of carbonyl (C=O) groups excluding carboxylic acids is 1. The lowest BCUT2D eigenvalue weighted by Crippen LogP contribution is -2.42. The molecule has 80 heavy (non-hydrogen) atoms. The number of hydrogen-bond donors (Lipinski definition) is 6. The van der Waals surface area contributed by atoms with Crippen LogP contribution in [0.5, 0.6) is 5.75 Å². The van der Waals surface area contributed by atoms with Crippen molar-refractivity contribution in [2.45, 2.75) is 129 Å². The normalized spacial score (nSPS) is 17.0. The van der Waals surface area contributed by atoms with Crippen molar-refractivity contribution >= 4 is 61.9 Å². The fourth-order valence-corrected chi connectivity index (χ4v) is 12.0. The molecule has 18 heteroatoms. The number of amides is 1. The van der Waals surface area contributed by atoms with Crippen molar-refractivity contribution in [2.75, 3.05) is 34.8 Å². The highest BCUT2D eigenvalue weighted by Gasteiger charge is 2.45. The molecule has 418 valence electrons. The van der Waals surface area contributed by atoms with Crippen LogP contribution in [0.2, 0.25) is 0 Å². The molecule has 0 bridgehead atoms. The molecule has 17 nitrogen and oxygen atoms in total. The molecule has 1 aliphatic carbocycles. The second-order valence-electron chi connectivity index (χ2n) is 22.0. The molecule has 9 rings (SSSR count). The summed E-state index contributed by atoms with van der Waals surface area (Å²) in [6.45, 7) is 13.1. The number of hydrogen-bond acceptors (Lipinski definition) is 12. The highest BCUT2D eigenvalue weighted by molar-refractivity contribution is 7.85. The number of nitrogens with zero attached hydrogens (tertiary/aromatic N) is 5. The van der Waals surface area contributed by atoms with E-state index in [9.17, 15) is 32.5 Å². The van der Waals surface area contributed by atoms with Crippen LogP contribution < -0.4 is 31.6 Å². The molecule has 0 spiro atoms. The number of benzene rings is 4. The van der Waals surface area contributed by atoms with Crippen molar-refractivity contribution in [3.05, 3.63) is 176 Å². The molecule has 2 aromatic heterocycles. The van der Waals surface area contributed by atoms with Gasteiger partial charge in [-0.1, -0.05) is 81.8 Å². The lowest BCUT2D eigenvalue weighted by atomic mass is 9.79. The van der Waals surface area contributed by atoms with E-state index in [1.807, 2.05) is 36.4 Å². The highest BCUT2D eigenvalue weighted by Crippen LogP contribution is 2.48. The molecule has 1 unspecified atom stereocenters. The van der Waals surface area contributed by atoms with Crippen LogP contribution in [0.4, 0.5) is 23.0 Å². The first-order valence-electron chi connectivity index (χ1n) is 27.7. The van der Waals surface area contributed by atoms with E-state index in [1.165, 1.54) is 34.3 Å². The fourth-order valence-electron chi connectivity index (χ4n) is 11.4. The highest BCUT2D eigenvalue weighted by atomic mass is 32.2. The Kier molecular flexibility index (Phi) is 17.2. The second kappa shape index (κ2) is 24.2. The zero-order valence-electron chi connectivity index (χ0n) is 46.2. The van der Waals surface area contributed by atoms with Crippen molar-refractivity contribution < 1.29 is 37.0 Å². The van der Waals surface area contributed by atoms with Crippen LogP contribution in [0, 0.1) is 0 Å². The molecule has 3 aliphatic rings. The number of nitrogens with two attached hydrogens (primary N) is 1. The quantitative estimate of drug-likeness (QED) is 0.0199. The number of fused-ring (bicyclic) bond motifs is 3. The lowest BCUT2D eigenvalue weighted by Gasteiger charge is -2.28. The Morgan fingerprint density at radius 2 is 1.62 bits per heavy atom. The average Bonchev–Trinajstić information content (AvgIpc) is 4.03. The van der Waals surface area contributed by atoms with Gasteiger partial charge in [0.2, 0.25) is 11.6 Å². The van der Waals surface area contributed by atoms with E-state index in [1.54, 1.807) is 24.3 Å². The molecule has 0 fully saturated rings. The topological polar surface area (TPSA) is 246 Å². The van der Waals surface area contributed by atoms with Gasteiger partial charge in [0.1, 0.15) is 24.1 Å². The number of carbonyl (C=O) groups is 2. The number of ether oxygens (including phenoxy) is 1. The van der Waals surface area contributed by atoms with E-state index in [0.717, 1.165) is 80.6 Å². The predicted octanol–water partition coefficient (Wildman–Crippen LogP) is 10.5. The SMILES string of the molecule is CCCCC[N+]1=C(CCC2=C(Oc3ccc(CC(NC(=O)c4ccc(NCc5cnc6nc(N)[nH]c(=O)c6n5)cc4)C(=O)O)cc3)/C(=C/C=C3/N(CCCCS(=O)(=O)O)c4ccccc4C3(C)C)CCC2)C(C)(C)c2ccccc21. The zero-order chi connectivity index (χ0) is 56.8. The Morgan fingerprint density at radius 3 is 2.36 bits per heavy atom. The average molecular weight is 1100 g/mol. The van der Waals surface area contributed by atoms with Gasteiger partial charge < -0.3 is 31.1 Å². The molecule has 4 aromatic carbocycles. The number of carboxylic acids is 1. The summed E-state index contributed by atoms with van der Waals surface area (Å²) in [4.78, 5) is 55.7. The van der Waals surface area contributed by atoms with Crippen molar-refractivity contribution in [1.82, 2.24) is 25.3 Å². The number of allylic oxidation sites excluding steroid dienone is 5. The van der Waals surface area contributed by atoms with Gasteiger partial charge in [0, 0.05) is 65.5 Å². The Hall–Kier alpha value is -7.96. The minimum absolute atomic E-state index is 0.0292. The summed E-state index contributed by atoms with van der Waals surface area (Å²) in [6, 6.07) is 29.9. The van der Waals surface area contributed by atoms with Gasteiger partial charge in [-0.2, -0.15) is 18.0 Å². The number of aromatic nitrogens is 4. The Labute approximate surface area is 467 Å². The molecular formula is C62H72N9O8S+.